The quantitative estimate of drug-likeness (QED) is 0.652. The fraction of sp³-hybridized carbons (Fsp3) is 0.222. The first-order chi connectivity index (χ1) is 12.2. The van der Waals surface area contributed by atoms with Gasteiger partial charge >= 0.3 is 0 Å². The number of methoxy groups -OCH3 is 3. The molecule has 3 rings (SSSR count). The van der Waals surface area contributed by atoms with Crippen molar-refractivity contribution in [1.82, 2.24) is 10.2 Å². The summed E-state index contributed by atoms with van der Waals surface area (Å²) in [5.41, 5.74) is 0.734. The van der Waals surface area contributed by atoms with Crippen LogP contribution in [0.4, 0.5) is 0 Å². The largest absolute Gasteiger partial charge is 0.497 e. The number of hydrogen-bond donors (Lipinski definition) is 0. The maximum Gasteiger partial charge on any atom is 0.254 e. The lowest BCUT2D eigenvalue weighted by molar-refractivity contribution is 0.263. The summed E-state index contributed by atoms with van der Waals surface area (Å²) in [5, 5.41) is 8.05. The fourth-order valence-electron chi connectivity index (χ4n) is 2.23. The molecule has 0 unspecified atom stereocenters. The van der Waals surface area contributed by atoms with Gasteiger partial charge in [-0.2, -0.15) is 0 Å². The number of rotatable bonds is 7. The molecule has 1 heterocycles. The van der Waals surface area contributed by atoms with E-state index in [4.69, 9.17) is 23.4 Å². The van der Waals surface area contributed by atoms with E-state index in [1.165, 1.54) is 0 Å². The van der Waals surface area contributed by atoms with Crippen molar-refractivity contribution in [3.8, 4) is 34.5 Å². The third-order valence-electron chi connectivity index (χ3n) is 3.50. The van der Waals surface area contributed by atoms with Gasteiger partial charge in [0.25, 0.3) is 5.89 Å². The van der Waals surface area contributed by atoms with Crippen LogP contribution < -0.4 is 18.9 Å². The first-order valence-corrected chi connectivity index (χ1v) is 7.55. The van der Waals surface area contributed by atoms with Gasteiger partial charge in [-0.1, -0.05) is 6.07 Å². The van der Waals surface area contributed by atoms with E-state index in [-0.39, 0.29) is 6.61 Å². The molecule has 0 aliphatic carbocycles. The van der Waals surface area contributed by atoms with E-state index >= 15 is 0 Å². The molecule has 0 atom stereocenters. The van der Waals surface area contributed by atoms with Gasteiger partial charge < -0.3 is 23.4 Å². The summed E-state index contributed by atoms with van der Waals surface area (Å²) in [6.45, 7) is 0.160. The average molecular weight is 342 g/mol. The van der Waals surface area contributed by atoms with E-state index < -0.39 is 0 Å². The number of benzene rings is 2. The molecule has 130 valence electrons. The Balaban J connectivity index is 1.72. The van der Waals surface area contributed by atoms with Gasteiger partial charge in [-0.3, -0.25) is 0 Å². The van der Waals surface area contributed by atoms with Crippen LogP contribution in [0.3, 0.4) is 0 Å². The summed E-state index contributed by atoms with van der Waals surface area (Å²) < 4.78 is 26.9. The summed E-state index contributed by atoms with van der Waals surface area (Å²) in [6, 6.07) is 12.7. The topological polar surface area (TPSA) is 75.8 Å². The van der Waals surface area contributed by atoms with Crippen molar-refractivity contribution in [2.45, 2.75) is 6.61 Å². The van der Waals surface area contributed by atoms with Gasteiger partial charge in [-0.05, 0) is 30.3 Å². The van der Waals surface area contributed by atoms with Crippen LogP contribution in [0.1, 0.15) is 5.89 Å². The molecule has 3 aromatic rings. The highest BCUT2D eigenvalue weighted by molar-refractivity contribution is 5.59. The van der Waals surface area contributed by atoms with Crippen molar-refractivity contribution in [3.63, 3.8) is 0 Å². The summed E-state index contributed by atoms with van der Waals surface area (Å²) in [5.74, 6) is 3.34. The lowest BCUT2D eigenvalue weighted by Gasteiger charge is -2.07. The first kappa shape index (κ1) is 16.6. The highest BCUT2D eigenvalue weighted by Gasteiger charge is 2.12. The summed E-state index contributed by atoms with van der Waals surface area (Å²) in [7, 11) is 4.76. The van der Waals surface area contributed by atoms with Gasteiger partial charge in [0.1, 0.15) is 11.5 Å². The Bertz CT molecular complexity index is 847. The minimum atomic E-state index is 0.160. The molecule has 0 amide bonds. The molecule has 2 aromatic carbocycles. The van der Waals surface area contributed by atoms with E-state index in [0.717, 1.165) is 5.56 Å². The molecule has 0 N–H and O–H groups in total. The van der Waals surface area contributed by atoms with Gasteiger partial charge in [0.15, 0.2) is 18.1 Å². The van der Waals surface area contributed by atoms with Crippen molar-refractivity contribution in [2.75, 3.05) is 21.3 Å². The predicted octanol–water partition coefficient (Wildman–Crippen LogP) is 3.34. The number of hydrogen-bond acceptors (Lipinski definition) is 7. The normalized spacial score (nSPS) is 10.4. The third-order valence-corrected chi connectivity index (χ3v) is 3.50. The van der Waals surface area contributed by atoms with Gasteiger partial charge in [0.05, 0.1) is 21.3 Å². The van der Waals surface area contributed by atoms with Crippen molar-refractivity contribution >= 4 is 0 Å². The molecule has 0 aliphatic heterocycles. The smallest absolute Gasteiger partial charge is 0.254 e. The van der Waals surface area contributed by atoms with Gasteiger partial charge in [-0.15, -0.1) is 10.2 Å². The SMILES string of the molecule is COc1cccc(OCc2nnc(-c3ccc(OC)c(OC)c3)o2)c1. The summed E-state index contributed by atoms with van der Waals surface area (Å²) >= 11 is 0. The first-order valence-electron chi connectivity index (χ1n) is 7.55. The minimum absolute atomic E-state index is 0.160. The molecule has 25 heavy (non-hydrogen) atoms. The summed E-state index contributed by atoms with van der Waals surface area (Å²) in [4.78, 5) is 0. The zero-order valence-electron chi connectivity index (χ0n) is 14.2. The molecular weight excluding hydrogens is 324 g/mol. The second kappa shape index (κ2) is 7.57. The zero-order chi connectivity index (χ0) is 17.6. The second-order valence-corrected chi connectivity index (χ2v) is 5.04. The van der Waals surface area contributed by atoms with Crippen molar-refractivity contribution in [3.05, 3.63) is 48.4 Å². The van der Waals surface area contributed by atoms with Crippen molar-refractivity contribution < 1.29 is 23.4 Å². The molecule has 7 heteroatoms. The lowest BCUT2D eigenvalue weighted by atomic mass is 10.2. The Labute approximate surface area is 145 Å². The van der Waals surface area contributed by atoms with E-state index in [9.17, 15) is 0 Å². The highest BCUT2D eigenvalue weighted by atomic mass is 16.5. The molecule has 1 aromatic heterocycles. The Morgan fingerprint density at radius 3 is 2.40 bits per heavy atom. The van der Waals surface area contributed by atoms with Gasteiger partial charge in [-0.25, -0.2) is 0 Å². The van der Waals surface area contributed by atoms with Crippen molar-refractivity contribution in [2.24, 2.45) is 0 Å². The van der Waals surface area contributed by atoms with Crippen LogP contribution >= 0.6 is 0 Å². The zero-order valence-corrected chi connectivity index (χ0v) is 14.2. The van der Waals surface area contributed by atoms with Crippen molar-refractivity contribution in [1.29, 1.82) is 0 Å². The van der Waals surface area contributed by atoms with Crippen LogP contribution in [0.5, 0.6) is 23.0 Å². The monoisotopic (exact) mass is 342 g/mol. The number of nitrogens with zero attached hydrogens (tertiary/aromatic N) is 2. The molecule has 0 spiro atoms. The van der Waals surface area contributed by atoms with E-state index in [1.54, 1.807) is 39.5 Å². The van der Waals surface area contributed by atoms with Crippen LogP contribution in [0.15, 0.2) is 46.9 Å². The second-order valence-electron chi connectivity index (χ2n) is 5.04. The van der Waals surface area contributed by atoms with Gasteiger partial charge in [0.2, 0.25) is 5.89 Å². The van der Waals surface area contributed by atoms with Crippen LogP contribution in [0.25, 0.3) is 11.5 Å². The lowest BCUT2D eigenvalue weighted by Crippen LogP contribution is -1.96. The average Bonchev–Trinajstić information content (AvgIpc) is 3.15. The fourth-order valence-corrected chi connectivity index (χ4v) is 2.23. The van der Waals surface area contributed by atoms with E-state index in [0.29, 0.717) is 34.8 Å². The molecule has 0 saturated carbocycles. The molecule has 0 radical (unpaired) electrons. The molecule has 0 fully saturated rings. The molecule has 0 aliphatic rings. The highest BCUT2D eigenvalue weighted by Crippen LogP contribution is 2.31. The minimum Gasteiger partial charge on any atom is -0.497 e. The number of aromatic nitrogens is 2. The Morgan fingerprint density at radius 1 is 0.840 bits per heavy atom. The summed E-state index contributed by atoms with van der Waals surface area (Å²) in [6.07, 6.45) is 0. The van der Waals surface area contributed by atoms with Crippen LogP contribution in [0, 0.1) is 0 Å². The molecular formula is C18H18N2O5. The van der Waals surface area contributed by atoms with E-state index in [1.807, 2.05) is 24.3 Å². The molecule has 0 saturated heterocycles. The predicted molar refractivity (Wildman–Crippen MR) is 90.2 cm³/mol. The molecule has 0 bridgehead atoms. The number of ether oxygens (including phenoxy) is 4. The Morgan fingerprint density at radius 2 is 1.64 bits per heavy atom. The maximum atomic E-state index is 5.65. The van der Waals surface area contributed by atoms with Gasteiger partial charge in [0, 0.05) is 11.6 Å². The standard InChI is InChI=1S/C18H18N2O5/c1-21-13-5-4-6-14(10-13)24-11-17-19-20-18(25-17)12-7-8-15(22-2)16(9-12)23-3/h4-10H,11H2,1-3H3. The van der Waals surface area contributed by atoms with E-state index in [2.05, 4.69) is 10.2 Å². The Kier molecular flexibility index (Phi) is 5.03. The Hall–Kier alpha value is -3.22. The van der Waals surface area contributed by atoms with Crippen LogP contribution in [-0.4, -0.2) is 31.5 Å². The molecule has 7 nitrogen and oxygen atoms in total. The third kappa shape index (κ3) is 3.82. The maximum absolute atomic E-state index is 5.65. The van der Waals surface area contributed by atoms with Crippen LogP contribution in [-0.2, 0) is 6.61 Å². The van der Waals surface area contributed by atoms with Crippen LogP contribution in [0.2, 0.25) is 0 Å².